The molecule has 1 saturated heterocycles. The molecule has 2 aromatic carbocycles. The van der Waals surface area contributed by atoms with E-state index in [2.05, 4.69) is 10.2 Å². The number of benzene rings is 2. The summed E-state index contributed by atoms with van der Waals surface area (Å²) in [5.41, 5.74) is 2.18. The van der Waals surface area contributed by atoms with E-state index in [0.717, 1.165) is 18.8 Å². The number of carbonyl (C=O) groups is 1. The first-order valence-corrected chi connectivity index (χ1v) is 7.14. The van der Waals surface area contributed by atoms with Crippen LogP contribution in [0.1, 0.15) is 23.2 Å². The number of amides is 1. The number of carbonyl (C=O) groups excluding carboxylic acids is 1. The summed E-state index contributed by atoms with van der Waals surface area (Å²) in [6.45, 7) is 2.16. The molecule has 0 spiro atoms. The number of hydrogen-bond donors (Lipinski definition) is 1. The van der Waals surface area contributed by atoms with Crippen LogP contribution in [0.2, 0.25) is 0 Å². The molecule has 1 fully saturated rings. The molecule has 0 aliphatic carbocycles. The predicted octanol–water partition coefficient (Wildman–Crippen LogP) is 3.68. The van der Waals surface area contributed by atoms with Crippen LogP contribution in [0.4, 0.5) is 15.8 Å². The summed E-state index contributed by atoms with van der Waals surface area (Å²) in [4.78, 5) is 14.4. The lowest BCUT2D eigenvalue weighted by Gasteiger charge is -2.17. The Morgan fingerprint density at radius 1 is 1.05 bits per heavy atom. The lowest BCUT2D eigenvalue weighted by Crippen LogP contribution is -2.18. The fraction of sp³-hybridized carbons (Fsp3) is 0.235. The minimum Gasteiger partial charge on any atom is -0.372 e. The SMILES string of the molecule is O=C(Nc1cccc(F)c1)c1ccc(N2CCCC2)cc1. The lowest BCUT2D eigenvalue weighted by molar-refractivity contribution is 0.102. The van der Waals surface area contributed by atoms with Gasteiger partial charge in [-0.1, -0.05) is 6.07 Å². The lowest BCUT2D eigenvalue weighted by atomic mass is 10.1. The zero-order valence-electron chi connectivity index (χ0n) is 11.7. The van der Waals surface area contributed by atoms with E-state index in [9.17, 15) is 9.18 Å². The monoisotopic (exact) mass is 284 g/mol. The largest absolute Gasteiger partial charge is 0.372 e. The van der Waals surface area contributed by atoms with Crippen LogP contribution in [0.25, 0.3) is 0 Å². The van der Waals surface area contributed by atoms with Crippen LogP contribution >= 0.6 is 0 Å². The number of halogens is 1. The molecule has 0 radical (unpaired) electrons. The van der Waals surface area contributed by atoms with Crippen molar-refractivity contribution in [2.75, 3.05) is 23.3 Å². The van der Waals surface area contributed by atoms with Gasteiger partial charge in [-0.2, -0.15) is 0 Å². The minimum absolute atomic E-state index is 0.228. The van der Waals surface area contributed by atoms with Crippen molar-refractivity contribution in [2.45, 2.75) is 12.8 Å². The van der Waals surface area contributed by atoms with Gasteiger partial charge in [0.1, 0.15) is 5.82 Å². The summed E-state index contributed by atoms with van der Waals surface area (Å²) in [6, 6.07) is 13.4. The first-order chi connectivity index (χ1) is 10.2. The van der Waals surface area contributed by atoms with E-state index in [1.165, 1.54) is 25.0 Å². The first kappa shape index (κ1) is 13.6. The van der Waals surface area contributed by atoms with Crippen LogP contribution in [-0.4, -0.2) is 19.0 Å². The van der Waals surface area contributed by atoms with Gasteiger partial charge in [-0.3, -0.25) is 4.79 Å². The van der Waals surface area contributed by atoms with E-state index in [1.54, 1.807) is 12.1 Å². The molecular weight excluding hydrogens is 267 g/mol. The second kappa shape index (κ2) is 5.95. The van der Waals surface area contributed by atoms with Crippen LogP contribution in [-0.2, 0) is 0 Å². The molecule has 3 nitrogen and oxygen atoms in total. The minimum atomic E-state index is -0.364. The van der Waals surface area contributed by atoms with Crippen LogP contribution < -0.4 is 10.2 Å². The van der Waals surface area contributed by atoms with E-state index in [1.807, 2.05) is 24.3 Å². The Labute approximate surface area is 123 Å². The molecule has 2 aromatic rings. The highest BCUT2D eigenvalue weighted by Crippen LogP contribution is 2.21. The van der Waals surface area contributed by atoms with Gasteiger partial charge in [-0.25, -0.2) is 4.39 Å². The average molecular weight is 284 g/mol. The van der Waals surface area contributed by atoms with Crippen LogP contribution in [0, 0.1) is 5.82 Å². The Morgan fingerprint density at radius 2 is 1.76 bits per heavy atom. The fourth-order valence-corrected chi connectivity index (χ4v) is 2.57. The maximum Gasteiger partial charge on any atom is 0.255 e. The van der Waals surface area contributed by atoms with Crippen molar-refractivity contribution in [1.29, 1.82) is 0 Å². The standard InChI is InChI=1S/C17H17FN2O/c18-14-4-3-5-15(12-14)19-17(21)13-6-8-16(9-7-13)20-10-1-2-11-20/h3-9,12H,1-2,10-11H2,(H,19,21). The smallest absolute Gasteiger partial charge is 0.255 e. The van der Waals surface area contributed by atoms with Gasteiger partial charge in [0.2, 0.25) is 0 Å². The van der Waals surface area contributed by atoms with Crippen molar-refractivity contribution in [3.05, 3.63) is 59.9 Å². The quantitative estimate of drug-likeness (QED) is 0.932. The average Bonchev–Trinajstić information content (AvgIpc) is 3.01. The molecule has 1 N–H and O–H groups in total. The Hall–Kier alpha value is -2.36. The zero-order valence-corrected chi connectivity index (χ0v) is 11.7. The van der Waals surface area contributed by atoms with E-state index in [4.69, 9.17) is 0 Å². The molecule has 1 aliphatic rings. The molecular formula is C17H17FN2O. The van der Waals surface area contributed by atoms with Crippen molar-refractivity contribution in [1.82, 2.24) is 0 Å². The number of nitrogens with one attached hydrogen (secondary N) is 1. The van der Waals surface area contributed by atoms with Gasteiger partial charge < -0.3 is 10.2 Å². The van der Waals surface area contributed by atoms with Crippen LogP contribution in [0.5, 0.6) is 0 Å². The van der Waals surface area contributed by atoms with Crippen molar-refractivity contribution >= 4 is 17.3 Å². The molecule has 1 heterocycles. The molecule has 0 unspecified atom stereocenters. The van der Waals surface area contributed by atoms with E-state index < -0.39 is 0 Å². The molecule has 3 rings (SSSR count). The third kappa shape index (κ3) is 3.21. The Bertz CT molecular complexity index is 633. The maximum atomic E-state index is 13.1. The predicted molar refractivity (Wildman–Crippen MR) is 82.2 cm³/mol. The number of nitrogens with zero attached hydrogens (tertiary/aromatic N) is 1. The normalized spacial score (nSPS) is 14.2. The molecule has 0 saturated carbocycles. The summed E-state index contributed by atoms with van der Waals surface area (Å²) in [6.07, 6.45) is 2.45. The summed E-state index contributed by atoms with van der Waals surface area (Å²) < 4.78 is 13.1. The molecule has 4 heteroatoms. The summed E-state index contributed by atoms with van der Waals surface area (Å²) in [7, 11) is 0. The Balaban J connectivity index is 1.70. The van der Waals surface area contributed by atoms with E-state index >= 15 is 0 Å². The van der Waals surface area contributed by atoms with Crippen molar-refractivity contribution in [3.8, 4) is 0 Å². The highest BCUT2D eigenvalue weighted by Gasteiger charge is 2.13. The molecule has 1 aliphatic heterocycles. The Kier molecular flexibility index (Phi) is 3.86. The van der Waals surface area contributed by atoms with Crippen molar-refractivity contribution < 1.29 is 9.18 Å². The fourth-order valence-electron chi connectivity index (χ4n) is 2.57. The summed E-state index contributed by atoms with van der Waals surface area (Å²) in [5.74, 6) is -0.592. The number of rotatable bonds is 3. The molecule has 0 atom stereocenters. The number of hydrogen-bond acceptors (Lipinski definition) is 2. The molecule has 0 aromatic heterocycles. The molecule has 108 valence electrons. The summed E-state index contributed by atoms with van der Waals surface area (Å²) >= 11 is 0. The Morgan fingerprint density at radius 3 is 2.43 bits per heavy atom. The number of anilines is 2. The van der Waals surface area contributed by atoms with Crippen LogP contribution in [0.15, 0.2) is 48.5 Å². The third-order valence-electron chi connectivity index (χ3n) is 3.68. The maximum absolute atomic E-state index is 13.1. The van der Waals surface area contributed by atoms with Gasteiger partial charge >= 0.3 is 0 Å². The van der Waals surface area contributed by atoms with Gasteiger partial charge in [0.25, 0.3) is 5.91 Å². The highest BCUT2D eigenvalue weighted by molar-refractivity contribution is 6.04. The highest BCUT2D eigenvalue weighted by atomic mass is 19.1. The second-order valence-corrected chi connectivity index (χ2v) is 5.21. The first-order valence-electron chi connectivity index (χ1n) is 7.14. The van der Waals surface area contributed by atoms with E-state index in [0.29, 0.717) is 11.3 Å². The van der Waals surface area contributed by atoms with Crippen molar-refractivity contribution in [2.24, 2.45) is 0 Å². The van der Waals surface area contributed by atoms with Gasteiger partial charge in [0.05, 0.1) is 0 Å². The van der Waals surface area contributed by atoms with Crippen LogP contribution in [0.3, 0.4) is 0 Å². The zero-order chi connectivity index (χ0) is 14.7. The van der Waals surface area contributed by atoms with Gasteiger partial charge in [0, 0.05) is 30.0 Å². The third-order valence-corrected chi connectivity index (χ3v) is 3.68. The molecule has 0 bridgehead atoms. The van der Waals surface area contributed by atoms with Crippen molar-refractivity contribution in [3.63, 3.8) is 0 Å². The van der Waals surface area contributed by atoms with Gasteiger partial charge in [-0.15, -0.1) is 0 Å². The topological polar surface area (TPSA) is 32.3 Å². The summed E-state index contributed by atoms with van der Waals surface area (Å²) in [5, 5.41) is 2.70. The van der Waals surface area contributed by atoms with Gasteiger partial charge in [-0.05, 0) is 55.3 Å². The molecule has 1 amide bonds. The second-order valence-electron chi connectivity index (χ2n) is 5.21. The van der Waals surface area contributed by atoms with Gasteiger partial charge in [0.15, 0.2) is 0 Å². The van der Waals surface area contributed by atoms with E-state index in [-0.39, 0.29) is 11.7 Å². The molecule has 21 heavy (non-hydrogen) atoms.